The molecule has 35 heavy (non-hydrogen) atoms. The maximum Gasteiger partial charge on any atom is 0.227 e. The van der Waals surface area contributed by atoms with Crippen LogP contribution in [-0.2, 0) is 17.6 Å². The Balaban J connectivity index is 1.43. The molecule has 0 atom stereocenters. The van der Waals surface area contributed by atoms with Crippen LogP contribution in [-0.4, -0.2) is 53.9 Å². The first-order valence-electron chi connectivity index (χ1n) is 12.4. The van der Waals surface area contributed by atoms with Gasteiger partial charge in [-0.05, 0) is 54.9 Å². The first-order valence-corrected chi connectivity index (χ1v) is 12.4. The maximum absolute atomic E-state index is 12.5. The third kappa shape index (κ3) is 6.67. The molecule has 2 heterocycles. The second kappa shape index (κ2) is 10.6. The number of nitrogens with one attached hydrogen (secondary N) is 1. The highest BCUT2D eigenvalue weighted by molar-refractivity contribution is 5.85. The van der Waals surface area contributed by atoms with E-state index >= 15 is 0 Å². The van der Waals surface area contributed by atoms with Gasteiger partial charge in [-0.2, -0.15) is 0 Å². The molecule has 0 radical (unpaired) electrons. The largest absolute Gasteiger partial charge is 0.369 e. The predicted octanol–water partition coefficient (Wildman–Crippen LogP) is 5.03. The zero-order valence-corrected chi connectivity index (χ0v) is 21.6. The molecule has 0 unspecified atom stereocenters. The lowest BCUT2D eigenvalue weighted by Gasteiger charge is -2.34. The number of ketones is 1. The Morgan fingerprint density at radius 2 is 1.69 bits per heavy atom. The zero-order valence-electron chi connectivity index (χ0n) is 21.6. The molecule has 1 aliphatic rings. The summed E-state index contributed by atoms with van der Waals surface area (Å²) < 4.78 is 0. The summed E-state index contributed by atoms with van der Waals surface area (Å²) >= 11 is 0. The second-order valence-electron chi connectivity index (χ2n) is 10.6. The van der Waals surface area contributed by atoms with E-state index in [0.29, 0.717) is 18.8 Å². The van der Waals surface area contributed by atoms with Crippen LogP contribution in [0.4, 0.5) is 17.3 Å². The van der Waals surface area contributed by atoms with Gasteiger partial charge in [-0.15, -0.1) is 0 Å². The molecule has 1 saturated heterocycles. The summed E-state index contributed by atoms with van der Waals surface area (Å²) in [5.74, 6) is 0.843. The molecular formula is C29H37N5O. The average Bonchev–Trinajstić information content (AvgIpc) is 2.82. The van der Waals surface area contributed by atoms with Crippen LogP contribution in [0.25, 0.3) is 0 Å². The number of nitrogens with zero attached hydrogens (tertiary/aromatic N) is 4. The third-order valence-corrected chi connectivity index (χ3v) is 6.63. The van der Waals surface area contributed by atoms with Gasteiger partial charge < -0.3 is 15.1 Å². The number of carbonyl (C=O) groups is 1. The number of aryl methyl sites for hydroxylation is 1. The van der Waals surface area contributed by atoms with Gasteiger partial charge >= 0.3 is 0 Å². The molecule has 6 nitrogen and oxygen atoms in total. The molecular weight excluding hydrogens is 434 g/mol. The van der Waals surface area contributed by atoms with Crippen molar-refractivity contribution in [1.82, 2.24) is 14.9 Å². The molecule has 2 aromatic carbocycles. The van der Waals surface area contributed by atoms with Crippen molar-refractivity contribution in [3.63, 3.8) is 0 Å². The average molecular weight is 472 g/mol. The molecule has 1 fully saturated rings. The van der Waals surface area contributed by atoms with Crippen LogP contribution < -0.4 is 10.2 Å². The molecule has 184 valence electrons. The van der Waals surface area contributed by atoms with E-state index in [2.05, 4.69) is 63.5 Å². The van der Waals surface area contributed by atoms with Gasteiger partial charge in [0.15, 0.2) is 0 Å². The van der Waals surface area contributed by atoms with E-state index in [9.17, 15) is 4.79 Å². The van der Waals surface area contributed by atoms with Gasteiger partial charge in [0.25, 0.3) is 0 Å². The first-order chi connectivity index (χ1) is 16.7. The zero-order chi connectivity index (χ0) is 25.0. The Hall–Kier alpha value is -3.25. The van der Waals surface area contributed by atoms with E-state index in [1.807, 2.05) is 46.0 Å². The van der Waals surface area contributed by atoms with Crippen molar-refractivity contribution in [2.45, 2.75) is 40.5 Å². The van der Waals surface area contributed by atoms with Gasteiger partial charge in [0.2, 0.25) is 5.95 Å². The third-order valence-electron chi connectivity index (χ3n) is 6.63. The number of Topliss-reactive ketones (excluding diaryl/α,β-unsaturated/α-hetero) is 1. The van der Waals surface area contributed by atoms with Crippen molar-refractivity contribution in [1.29, 1.82) is 0 Å². The molecule has 4 rings (SSSR count). The summed E-state index contributed by atoms with van der Waals surface area (Å²) in [4.78, 5) is 26.6. The number of hydrogen-bond acceptors (Lipinski definition) is 6. The van der Waals surface area contributed by atoms with Crippen molar-refractivity contribution < 1.29 is 4.79 Å². The predicted molar refractivity (Wildman–Crippen MR) is 144 cm³/mol. The number of likely N-dealkylation sites (N-methyl/N-ethyl adjacent to an activating group) is 1. The van der Waals surface area contributed by atoms with Crippen molar-refractivity contribution in [3.8, 4) is 0 Å². The topological polar surface area (TPSA) is 61.4 Å². The Kier molecular flexibility index (Phi) is 7.51. The van der Waals surface area contributed by atoms with Crippen LogP contribution in [0.2, 0.25) is 0 Å². The number of aromatic nitrogens is 2. The molecule has 0 aliphatic carbocycles. The highest BCUT2D eigenvalue weighted by Gasteiger charge is 2.21. The highest BCUT2D eigenvalue weighted by atomic mass is 16.1. The van der Waals surface area contributed by atoms with Gasteiger partial charge in [-0.25, -0.2) is 9.97 Å². The first kappa shape index (κ1) is 24.9. The fraction of sp³-hybridized carbons (Fsp3) is 0.414. The van der Waals surface area contributed by atoms with Gasteiger partial charge in [0.05, 0.1) is 5.69 Å². The smallest absolute Gasteiger partial charge is 0.227 e. The second-order valence-corrected chi connectivity index (χ2v) is 10.6. The Morgan fingerprint density at radius 3 is 2.37 bits per heavy atom. The number of carbonyl (C=O) groups excluding carboxylic acids is 1. The van der Waals surface area contributed by atoms with Gasteiger partial charge in [0, 0.05) is 62.0 Å². The van der Waals surface area contributed by atoms with Crippen LogP contribution in [0.5, 0.6) is 0 Å². The standard InChI is InChI=1S/C29H37N5O/c1-21-20-30-28(31-24-9-11-25(12-10-24)34-15-13-33(5)14-16-34)32-26(21)18-22-7-6-8-23(17-22)19-27(35)29(2,3)4/h6-12,17,20H,13-16,18-19H2,1-5H3,(H,30,31,32). The Bertz CT molecular complexity index is 1160. The van der Waals surface area contributed by atoms with Crippen LogP contribution >= 0.6 is 0 Å². The number of hydrogen-bond donors (Lipinski definition) is 1. The van der Waals surface area contributed by atoms with Crippen LogP contribution in [0, 0.1) is 12.3 Å². The van der Waals surface area contributed by atoms with E-state index < -0.39 is 0 Å². The van der Waals surface area contributed by atoms with Crippen molar-refractivity contribution in [3.05, 3.63) is 77.1 Å². The molecule has 1 N–H and O–H groups in total. The quantitative estimate of drug-likeness (QED) is 0.522. The van der Waals surface area contributed by atoms with E-state index in [-0.39, 0.29) is 11.2 Å². The minimum Gasteiger partial charge on any atom is -0.369 e. The minimum absolute atomic E-state index is 0.248. The summed E-state index contributed by atoms with van der Waals surface area (Å²) in [5, 5.41) is 3.35. The van der Waals surface area contributed by atoms with E-state index in [1.54, 1.807) is 0 Å². The normalized spacial score (nSPS) is 14.7. The lowest BCUT2D eigenvalue weighted by molar-refractivity contribution is -0.125. The molecule has 0 amide bonds. The summed E-state index contributed by atoms with van der Waals surface area (Å²) in [7, 11) is 2.17. The lowest BCUT2D eigenvalue weighted by atomic mass is 9.87. The number of rotatable bonds is 7. The molecule has 0 spiro atoms. The van der Waals surface area contributed by atoms with Crippen molar-refractivity contribution in [2.75, 3.05) is 43.4 Å². The maximum atomic E-state index is 12.5. The van der Waals surface area contributed by atoms with Crippen LogP contribution in [0.3, 0.4) is 0 Å². The lowest BCUT2D eigenvalue weighted by Crippen LogP contribution is -2.44. The van der Waals surface area contributed by atoms with E-state index in [4.69, 9.17) is 4.98 Å². The van der Waals surface area contributed by atoms with Crippen LogP contribution in [0.1, 0.15) is 43.2 Å². The highest BCUT2D eigenvalue weighted by Crippen LogP contribution is 2.23. The molecule has 6 heteroatoms. The van der Waals surface area contributed by atoms with Crippen LogP contribution in [0.15, 0.2) is 54.7 Å². The van der Waals surface area contributed by atoms with Crippen molar-refractivity contribution in [2.24, 2.45) is 5.41 Å². The monoisotopic (exact) mass is 471 g/mol. The van der Waals surface area contributed by atoms with Crippen molar-refractivity contribution >= 4 is 23.1 Å². The summed E-state index contributed by atoms with van der Waals surface area (Å²) in [5.41, 5.74) is 6.12. The minimum atomic E-state index is -0.331. The molecule has 3 aromatic rings. The van der Waals surface area contributed by atoms with Gasteiger partial charge in [-0.1, -0.05) is 45.0 Å². The number of benzene rings is 2. The Labute approximate surface area is 209 Å². The fourth-order valence-corrected chi connectivity index (χ4v) is 4.16. The molecule has 0 saturated carbocycles. The molecule has 1 aromatic heterocycles. The number of piperazine rings is 1. The van der Waals surface area contributed by atoms with Gasteiger partial charge in [0.1, 0.15) is 5.78 Å². The molecule has 1 aliphatic heterocycles. The fourth-order valence-electron chi connectivity index (χ4n) is 4.16. The van der Waals surface area contributed by atoms with E-state index in [1.165, 1.54) is 5.69 Å². The summed E-state index contributed by atoms with van der Waals surface area (Å²) in [6.45, 7) is 12.2. The Morgan fingerprint density at radius 1 is 1.00 bits per heavy atom. The number of anilines is 3. The molecule has 0 bridgehead atoms. The SMILES string of the molecule is Cc1cnc(Nc2ccc(N3CCN(C)CC3)cc2)nc1Cc1cccc(CC(=O)C(C)(C)C)c1. The summed E-state index contributed by atoms with van der Waals surface area (Å²) in [6.07, 6.45) is 3.02. The summed E-state index contributed by atoms with van der Waals surface area (Å²) in [6, 6.07) is 16.8. The van der Waals surface area contributed by atoms with Gasteiger partial charge in [-0.3, -0.25) is 4.79 Å². The van der Waals surface area contributed by atoms with E-state index in [0.717, 1.165) is 54.3 Å².